The van der Waals surface area contributed by atoms with Gasteiger partial charge in [-0.15, -0.1) is 0 Å². The molecule has 0 heterocycles. The number of amides is 1. The van der Waals surface area contributed by atoms with E-state index in [1.807, 2.05) is 61.5 Å². The first-order valence-electron chi connectivity index (χ1n) is 7.25. The second kappa shape index (κ2) is 6.62. The van der Waals surface area contributed by atoms with Gasteiger partial charge in [0.1, 0.15) is 11.3 Å². The Labute approximate surface area is 131 Å². The lowest BCUT2D eigenvalue weighted by Gasteiger charge is -2.27. The zero-order valence-electron chi connectivity index (χ0n) is 13.2. The first-order valence-corrected chi connectivity index (χ1v) is 7.25. The number of carbonyl (C=O) groups is 1. The fourth-order valence-corrected chi connectivity index (χ4v) is 2.36. The van der Waals surface area contributed by atoms with Crippen LogP contribution >= 0.6 is 0 Å². The molecule has 0 spiro atoms. The van der Waals surface area contributed by atoms with Gasteiger partial charge < -0.3 is 15.8 Å². The van der Waals surface area contributed by atoms with E-state index in [2.05, 4.69) is 5.32 Å². The number of benzene rings is 2. The molecule has 116 valence electrons. The number of ether oxygens (including phenoxy) is 1. The largest absolute Gasteiger partial charge is 0.496 e. The van der Waals surface area contributed by atoms with Crippen molar-refractivity contribution in [2.45, 2.75) is 25.4 Å². The molecule has 4 heteroatoms. The number of nitrogens with one attached hydrogen (secondary N) is 1. The zero-order valence-corrected chi connectivity index (χ0v) is 13.2. The molecule has 0 aliphatic rings. The summed E-state index contributed by atoms with van der Waals surface area (Å²) in [5, 5.41) is 2.97. The number of hydrogen-bond donors (Lipinski definition) is 2. The van der Waals surface area contributed by atoms with Crippen LogP contribution in [0.2, 0.25) is 0 Å². The highest BCUT2D eigenvalue weighted by molar-refractivity contribution is 5.87. The van der Waals surface area contributed by atoms with Crippen LogP contribution < -0.4 is 15.8 Å². The predicted molar refractivity (Wildman–Crippen MR) is 87.5 cm³/mol. The van der Waals surface area contributed by atoms with Gasteiger partial charge in [0.05, 0.1) is 13.2 Å². The highest BCUT2D eigenvalue weighted by atomic mass is 16.5. The molecule has 0 fully saturated rings. The summed E-state index contributed by atoms with van der Waals surface area (Å²) in [4.78, 5) is 12.6. The van der Waals surface area contributed by atoms with Crippen LogP contribution in [0.4, 0.5) is 0 Å². The molecule has 2 aromatic carbocycles. The highest BCUT2D eigenvalue weighted by Crippen LogP contribution is 2.26. The summed E-state index contributed by atoms with van der Waals surface area (Å²) in [6, 6.07) is 16.8. The number of nitrogens with two attached hydrogens (primary N) is 1. The van der Waals surface area contributed by atoms with Crippen LogP contribution in [0.3, 0.4) is 0 Å². The number of carbonyl (C=O) groups excluding carboxylic acids is 1. The van der Waals surface area contributed by atoms with Crippen LogP contribution in [-0.4, -0.2) is 13.0 Å². The van der Waals surface area contributed by atoms with Gasteiger partial charge in [-0.3, -0.25) is 4.79 Å². The summed E-state index contributed by atoms with van der Waals surface area (Å²) in [7, 11) is 1.62. The van der Waals surface area contributed by atoms with E-state index in [1.54, 1.807) is 14.0 Å². The van der Waals surface area contributed by atoms with Gasteiger partial charge in [0.2, 0.25) is 5.91 Å². The Morgan fingerprint density at radius 2 is 1.73 bits per heavy atom. The van der Waals surface area contributed by atoms with E-state index in [-0.39, 0.29) is 11.9 Å². The molecule has 22 heavy (non-hydrogen) atoms. The van der Waals surface area contributed by atoms with Crippen LogP contribution in [0.15, 0.2) is 54.6 Å². The van der Waals surface area contributed by atoms with Crippen LogP contribution in [0, 0.1) is 0 Å². The van der Waals surface area contributed by atoms with Crippen molar-refractivity contribution in [2.24, 2.45) is 5.73 Å². The third-order valence-electron chi connectivity index (χ3n) is 3.80. The minimum Gasteiger partial charge on any atom is -0.496 e. The summed E-state index contributed by atoms with van der Waals surface area (Å²) >= 11 is 0. The SMILES string of the molecule is COc1ccccc1C(C)NC(=O)C(C)(N)c1ccccc1. The standard InChI is InChI=1S/C18H22N2O2/c1-13(15-11-7-8-12-16(15)22-3)20-17(21)18(2,19)14-9-5-4-6-10-14/h4-13H,19H2,1-3H3,(H,20,21). The minimum absolute atomic E-state index is 0.199. The summed E-state index contributed by atoms with van der Waals surface area (Å²) in [6.07, 6.45) is 0. The average molecular weight is 298 g/mol. The molecule has 2 atom stereocenters. The molecule has 0 aliphatic heterocycles. The van der Waals surface area contributed by atoms with E-state index in [0.29, 0.717) is 0 Å². The monoisotopic (exact) mass is 298 g/mol. The Bertz CT molecular complexity index is 639. The fraction of sp³-hybridized carbons (Fsp3) is 0.278. The molecule has 2 aromatic rings. The van der Waals surface area contributed by atoms with Crippen molar-refractivity contribution in [1.82, 2.24) is 5.32 Å². The Kier molecular flexibility index (Phi) is 4.83. The molecule has 0 saturated carbocycles. The normalized spacial score (nSPS) is 14.7. The fourth-order valence-electron chi connectivity index (χ4n) is 2.36. The molecule has 4 nitrogen and oxygen atoms in total. The van der Waals surface area contributed by atoms with Crippen LogP contribution in [-0.2, 0) is 10.3 Å². The Morgan fingerprint density at radius 1 is 1.14 bits per heavy atom. The second-order valence-electron chi connectivity index (χ2n) is 5.51. The van der Waals surface area contributed by atoms with Gasteiger partial charge in [0.25, 0.3) is 0 Å². The van der Waals surface area contributed by atoms with Crippen molar-refractivity contribution < 1.29 is 9.53 Å². The Hall–Kier alpha value is -2.33. The van der Waals surface area contributed by atoms with E-state index < -0.39 is 5.54 Å². The average Bonchev–Trinajstić information content (AvgIpc) is 2.55. The molecule has 3 N–H and O–H groups in total. The Balaban J connectivity index is 2.18. The molecule has 2 unspecified atom stereocenters. The molecule has 0 aromatic heterocycles. The van der Waals surface area contributed by atoms with Crippen molar-refractivity contribution in [3.8, 4) is 5.75 Å². The lowest BCUT2D eigenvalue weighted by atomic mass is 9.91. The van der Waals surface area contributed by atoms with E-state index in [4.69, 9.17) is 10.5 Å². The molecular weight excluding hydrogens is 276 g/mol. The van der Waals surface area contributed by atoms with E-state index >= 15 is 0 Å². The van der Waals surface area contributed by atoms with Crippen LogP contribution in [0.25, 0.3) is 0 Å². The first kappa shape index (κ1) is 16.0. The van der Waals surface area contributed by atoms with E-state index in [0.717, 1.165) is 16.9 Å². The van der Waals surface area contributed by atoms with Crippen LogP contribution in [0.5, 0.6) is 5.75 Å². The van der Waals surface area contributed by atoms with Gasteiger partial charge in [0.15, 0.2) is 0 Å². The summed E-state index contributed by atoms with van der Waals surface area (Å²) in [5.74, 6) is 0.519. The van der Waals surface area contributed by atoms with Gasteiger partial charge in [-0.25, -0.2) is 0 Å². The maximum atomic E-state index is 12.6. The summed E-state index contributed by atoms with van der Waals surface area (Å²) in [5.41, 5.74) is 6.85. The van der Waals surface area contributed by atoms with E-state index in [1.165, 1.54) is 0 Å². The lowest BCUT2D eigenvalue weighted by Crippen LogP contribution is -2.49. The maximum Gasteiger partial charge on any atom is 0.244 e. The molecule has 1 amide bonds. The van der Waals surface area contributed by atoms with Gasteiger partial charge in [0, 0.05) is 5.56 Å². The number of para-hydroxylation sites is 1. The van der Waals surface area contributed by atoms with Crippen molar-refractivity contribution in [3.05, 3.63) is 65.7 Å². The van der Waals surface area contributed by atoms with Crippen molar-refractivity contribution >= 4 is 5.91 Å². The van der Waals surface area contributed by atoms with Gasteiger partial charge >= 0.3 is 0 Å². The predicted octanol–water partition coefficient (Wildman–Crippen LogP) is 2.75. The number of methoxy groups -OCH3 is 1. The summed E-state index contributed by atoms with van der Waals surface area (Å²) in [6.45, 7) is 3.63. The highest BCUT2D eigenvalue weighted by Gasteiger charge is 2.31. The van der Waals surface area contributed by atoms with Gasteiger partial charge in [-0.2, -0.15) is 0 Å². The van der Waals surface area contributed by atoms with Crippen molar-refractivity contribution in [2.75, 3.05) is 7.11 Å². The number of hydrogen-bond acceptors (Lipinski definition) is 3. The molecule has 0 radical (unpaired) electrons. The molecule has 0 saturated heterocycles. The molecule has 2 rings (SSSR count). The van der Waals surface area contributed by atoms with Crippen molar-refractivity contribution in [1.29, 1.82) is 0 Å². The first-order chi connectivity index (χ1) is 10.5. The smallest absolute Gasteiger partial charge is 0.244 e. The third-order valence-corrected chi connectivity index (χ3v) is 3.80. The topological polar surface area (TPSA) is 64.3 Å². The zero-order chi connectivity index (χ0) is 16.2. The van der Waals surface area contributed by atoms with Crippen molar-refractivity contribution in [3.63, 3.8) is 0 Å². The Morgan fingerprint density at radius 3 is 2.36 bits per heavy atom. The maximum absolute atomic E-state index is 12.6. The molecule has 0 bridgehead atoms. The quantitative estimate of drug-likeness (QED) is 0.892. The van der Waals surface area contributed by atoms with Gasteiger partial charge in [-0.05, 0) is 25.5 Å². The second-order valence-corrected chi connectivity index (χ2v) is 5.51. The number of rotatable bonds is 5. The van der Waals surface area contributed by atoms with Gasteiger partial charge in [-0.1, -0.05) is 48.5 Å². The molecule has 0 aliphatic carbocycles. The van der Waals surface area contributed by atoms with E-state index in [9.17, 15) is 4.79 Å². The van der Waals surface area contributed by atoms with Crippen LogP contribution in [0.1, 0.15) is 31.0 Å². The third kappa shape index (κ3) is 3.28. The molecular formula is C18H22N2O2. The lowest BCUT2D eigenvalue weighted by molar-refractivity contribution is -0.126. The minimum atomic E-state index is -1.09. The summed E-state index contributed by atoms with van der Waals surface area (Å²) < 4.78 is 5.34.